The summed E-state index contributed by atoms with van der Waals surface area (Å²) in [5.74, 6) is 0.621. The Kier molecular flexibility index (Phi) is 1.76. The van der Waals surface area contributed by atoms with Gasteiger partial charge in [0.05, 0.1) is 0 Å². The minimum atomic E-state index is 0.621. The van der Waals surface area contributed by atoms with E-state index in [0.717, 1.165) is 11.6 Å². The highest BCUT2D eigenvalue weighted by atomic mass is 35.5. The zero-order valence-corrected chi connectivity index (χ0v) is 8.07. The topological polar surface area (TPSA) is 12.0 Å². The Labute approximate surface area is 77.7 Å². The van der Waals surface area contributed by atoms with Crippen molar-refractivity contribution >= 4 is 17.3 Å². The van der Waals surface area contributed by atoms with E-state index in [4.69, 9.17) is 11.6 Å². The second kappa shape index (κ2) is 2.67. The van der Waals surface area contributed by atoms with Crippen molar-refractivity contribution in [3.63, 3.8) is 0 Å². The maximum absolute atomic E-state index is 6.00. The summed E-state index contributed by atoms with van der Waals surface area (Å²) in [6.07, 6.45) is 0. The molecule has 1 nitrogen and oxygen atoms in total. The van der Waals surface area contributed by atoms with E-state index in [1.54, 1.807) is 0 Å². The maximum atomic E-state index is 6.00. The number of hydrogen-bond acceptors (Lipinski definition) is 1. The summed E-state index contributed by atoms with van der Waals surface area (Å²) in [6, 6.07) is 4.11. The van der Waals surface area contributed by atoms with Crippen molar-refractivity contribution in [2.24, 2.45) is 0 Å². The predicted octanol–water partition coefficient (Wildman–Crippen LogP) is 3.18. The SMILES string of the molecule is Cc1c(Cl)ccc2c1NCC2C. The van der Waals surface area contributed by atoms with Gasteiger partial charge in [0.15, 0.2) is 0 Å². The highest BCUT2D eigenvalue weighted by molar-refractivity contribution is 6.31. The molecule has 0 aromatic heterocycles. The highest BCUT2D eigenvalue weighted by Crippen LogP contribution is 2.36. The van der Waals surface area contributed by atoms with Crippen molar-refractivity contribution in [1.29, 1.82) is 0 Å². The van der Waals surface area contributed by atoms with E-state index in [0.29, 0.717) is 5.92 Å². The van der Waals surface area contributed by atoms with Gasteiger partial charge in [0, 0.05) is 23.2 Å². The molecule has 1 atom stereocenters. The van der Waals surface area contributed by atoms with Crippen molar-refractivity contribution < 1.29 is 0 Å². The third-order valence-electron chi connectivity index (χ3n) is 2.55. The van der Waals surface area contributed by atoms with Crippen LogP contribution in [-0.2, 0) is 0 Å². The second-order valence-electron chi connectivity index (χ2n) is 3.42. The molecule has 0 bridgehead atoms. The summed E-state index contributed by atoms with van der Waals surface area (Å²) < 4.78 is 0. The van der Waals surface area contributed by atoms with Gasteiger partial charge in [-0.3, -0.25) is 0 Å². The quantitative estimate of drug-likeness (QED) is 0.649. The summed E-state index contributed by atoms with van der Waals surface area (Å²) in [5.41, 5.74) is 3.82. The summed E-state index contributed by atoms with van der Waals surface area (Å²) >= 11 is 6.00. The van der Waals surface area contributed by atoms with E-state index in [9.17, 15) is 0 Å². The molecule has 0 amide bonds. The van der Waals surface area contributed by atoms with Crippen molar-refractivity contribution in [1.82, 2.24) is 0 Å². The molecular weight excluding hydrogens is 170 g/mol. The van der Waals surface area contributed by atoms with Gasteiger partial charge < -0.3 is 5.32 Å². The van der Waals surface area contributed by atoms with Gasteiger partial charge in [-0.2, -0.15) is 0 Å². The third kappa shape index (κ3) is 1.00. The van der Waals surface area contributed by atoms with Gasteiger partial charge in [-0.15, -0.1) is 0 Å². The number of fused-ring (bicyclic) bond motifs is 1. The zero-order chi connectivity index (χ0) is 8.72. The fourth-order valence-corrected chi connectivity index (χ4v) is 1.88. The Morgan fingerprint density at radius 2 is 2.25 bits per heavy atom. The lowest BCUT2D eigenvalue weighted by molar-refractivity contribution is 0.854. The number of benzene rings is 1. The van der Waals surface area contributed by atoms with Crippen LogP contribution in [0, 0.1) is 6.92 Å². The molecule has 1 aliphatic heterocycles. The van der Waals surface area contributed by atoms with Crippen LogP contribution in [0.2, 0.25) is 5.02 Å². The fourth-order valence-electron chi connectivity index (χ4n) is 1.72. The molecule has 1 aromatic rings. The molecule has 1 unspecified atom stereocenters. The van der Waals surface area contributed by atoms with Crippen LogP contribution in [0.3, 0.4) is 0 Å². The first kappa shape index (κ1) is 7.93. The number of nitrogens with one attached hydrogen (secondary N) is 1. The lowest BCUT2D eigenvalue weighted by Gasteiger charge is -2.06. The van der Waals surface area contributed by atoms with Gasteiger partial charge >= 0.3 is 0 Å². The molecule has 0 aliphatic carbocycles. The van der Waals surface area contributed by atoms with Gasteiger partial charge in [-0.05, 0) is 24.1 Å². The van der Waals surface area contributed by atoms with Crippen molar-refractivity contribution in [2.45, 2.75) is 19.8 Å². The predicted molar refractivity (Wildman–Crippen MR) is 53.1 cm³/mol. The highest BCUT2D eigenvalue weighted by Gasteiger charge is 2.20. The zero-order valence-electron chi connectivity index (χ0n) is 7.32. The molecule has 0 fully saturated rings. The Balaban J connectivity index is 2.60. The van der Waals surface area contributed by atoms with Gasteiger partial charge in [0.2, 0.25) is 0 Å². The second-order valence-corrected chi connectivity index (χ2v) is 3.83. The first-order valence-corrected chi connectivity index (χ1v) is 4.61. The molecule has 1 N–H and O–H groups in total. The molecule has 2 rings (SSSR count). The Hall–Kier alpha value is -0.690. The average molecular weight is 182 g/mol. The number of halogens is 1. The van der Waals surface area contributed by atoms with Crippen LogP contribution >= 0.6 is 11.6 Å². The lowest BCUT2D eigenvalue weighted by Crippen LogP contribution is -1.96. The Bertz CT molecular complexity index is 320. The molecule has 1 aliphatic rings. The van der Waals surface area contributed by atoms with Crippen LogP contribution in [0.4, 0.5) is 5.69 Å². The van der Waals surface area contributed by atoms with Crippen LogP contribution in [-0.4, -0.2) is 6.54 Å². The molecule has 0 radical (unpaired) electrons. The normalized spacial score (nSPS) is 20.4. The van der Waals surface area contributed by atoms with E-state index in [1.165, 1.54) is 16.8 Å². The number of hydrogen-bond donors (Lipinski definition) is 1. The smallest absolute Gasteiger partial charge is 0.0455 e. The summed E-state index contributed by atoms with van der Waals surface area (Å²) in [6.45, 7) is 5.33. The molecule has 0 spiro atoms. The first-order chi connectivity index (χ1) is 5.70. The number of anilines is 1. The fraction of sp³-hybridized carbons (Fsp3) is 0.400. The summed E-state index contributed by atoms with van der Waals surface area (Å²) in [4.78, 5) is 0. The largest absolute Gasteiger partial charge is 0.384 e. The molecule has 1 heterocycles. The molecule has 0 saturated heterocycles. The van der Waals surface area contributed by atoms with Crippen LogP contribution < -0.4 is 5.32 Å². The third-order valence-corrected chi connectivity index (χ3v) is 2.96. The van der Waals surface area contributed by atoms with Gasteiger partial charge in [0.25, 0.3) is 0 Å². The van der Waals surface area contributed by atoms with Gasteiger partial charge in [-0.1, -0.05) is 24.6 Å². The molecule has 2 heteroatoms. The first-order valence-electron chi connectivity index (χ1n) is 4.23. The van der Waals surface area contributed by atoms with Crippen molar-refractivity contribution in [3.8, 4) is 0 Å². The standard InChI is InChI=1S/C10H12ClN/c1-6-5-12-10-7(2)9(11)4-3-8(6)10/h3-4,6,12H,5H2,1-2H3. The van der Waals surface area contributed by atoms with Crippen molar-refractivity contribution in [3.05, 3.63) is 28.3 Å². The Morgan fingerprint density at radius 1 is 1.50 bits per heavy atom. The molecule has 0 saturated carbocycles. The lowest BCUT2D eigenvalue weighted by atomic mass is 10.0. The Morgan fingerprint density at radius 3 is 3.00 bits per heavy atom. The van der Waals surface area contributed by atoms with Crippen LogP contribution in [0.15, 0.2) is 12.1 Å². The van der Waals surface area contributed by atoms with E-state index in [2.05, 4.69) is 25.2 Å². The minimum Gasteiger partial charge on any atom is -0.384 e. The molecular formula is C10H12ClN. The van der Waals surface area contributed by atoms with E-state index < -0.39 is 0 Å². The van der Waals surface area contributed by atoms with E-state index in [-0.39, 0.29) is 0 Å². The molecule has 1 aromatic carbocycles. The van der Waals surface area contributed by atoms with Crippen LogP contribution in [0.5, 0.6) is 0 Å². The molecule has 12 heavy (non-hydrogen) atoms. The van der Waals surface area contributed by atoms with Gasteiger partial charge in [0.1, 0.15) is 0 Å². The van der Waals surface area contributed by atoms with Crippen molar-refractivity contribution in [2.75, 3.05) is 11.9 Å². The van der Waals surface area contributed by atoms with E-state index >= 15 is 0 Å². The van der Waals surface area contributed by atoms with Gasteiger partial charge in [-0.25, -0.2) is 0 Å². The molecule has 64 valence electrons. The number of rotatable bonds is 0. The van der Waals surface area contributed by atoms with E-state index in [1.807, 2.05) is 6.07 Å². The van der Waals surface area contributed by atoms with Crippen LogP contribution in [0.1, 0.15) is 24.0 Å². The van der Waals surface area contributed by atoms with Crippen LogP contribution in [0.25, 0.3) is 0 Å². The summed E-state index contributed by atoms with van der Waals surface area (Å²) in [7, 11) is 0. The monoisotopic (exact) mass is 181 g/mol. The minimum absolute atomic E-state index is 0.621. The maximum Gasteiger partial charge on any atom is 0.0455 e. The summed E-state index contributed by atoms with van der Waals surface area (Å²) in [5, 5.41) is 4.23. The average Bonchev–Trinajstić information content (AvgIpc) is 2.41.